The average Bonchev–Trinajstić information content (AvgIpc) is 2.43. The zero-order valence-electron chi connectivity index (χ0n) is 12.3. The standard InChI is InChI=1S/C16H20N2O2S/c1-12-4-3-5-15(13(12)2)11-18-10-14-6-8-16(9-7-14)21(17,19)20/h3-9,18H,10-11H2,1-2H3,(H2,17,19,20). The summed E-state index contributed by atoms with van der Waals surface area (Å²) in [5.74, 6) is 0. The highest BCUT2D eigenvalue weighted by Crippen LogP contribution is 2.13. The Morgan fingerprint density at radius 3 is 2.29 bits per heavy atom. The summed E-state index contributed by atoms with van der Waals surface area (Å²) in [7, 11) is -3.61. The first-order chi connectivity index (χ1) is 9.88. The molecule has 0 atom stereocenters. The summed E-state index contributed by atoms with van der Waals surface area (Å²) in [6, 6.07) is 12.9. The maximum Gasteiger partial charge on any atom is 0.238 e. The van der Waals surface area contributed by atoms with Gasteiger partial charge in [-0.3, -0.25) is 0 Å². The van der Waals surface area contributed by atoms with Crippen LogP contribution >= 0.6 is 0 Å². The van der Waals surface area contributed by atoms with E-state index in [2.05, 4.69) is 37.4 Å². The van der Waals surface area contributed by atoms with Gasteiger partial charge in [0.25, 0.3) is 0 Å². The number of hydrogen-bond donors (Lipinski definition) is 2. The topological polar surface area (TPSA) is 72.2 Å². The van der Waals surface area contributed by atoms with E-state index in [0.717, 1.165) is 12.1 Å². The number of sulfonamides is 1. The van der Waals surface area contributed by atoms with E-state index < -0.39 is 10.0 Å². The van der Waals surface area contributed by atoms with Crippen molar-refractivity contribution in [3.05, 3.63) is 64.7 Å². The molecule has 0 heterocycles. The lowest BCUT2D eigenvalue weighted by Gasteiger charge is -2.10. The van der Waals surface area contributed by atoms with E-state index in [1.54, 1.807) is 12.1 Å². The number of primary sulfonamides is 1. The van der Waals surface area contributed by atoms with Gasteiger partial charge in [0.2, 0.25) is 10.0 Å². The molecule has 2 rings (SSSR count). The SMILES string of the molecule is Cc1cccc(CNCc2ccc(S(N)(=O)=O)cc2)c1C. The van der Waals surface area contributed by atoms with Crippen LogP contribution in [-0.2, 0) is 23.1 Å². The predicted molar refractivity (Wildman–Crippen MR) is 84.3 cm³/mol. The lowest BCUT2D eigenvalue weighted by Crippen LogP contribution is -2.15. The zero-order chi connectivity index (χ0) is 15.5. The maximum atomic E-state index is 11.2. The van der Waals surface area contributed by atoms with E-state index in [4.69, 9.17) is 5.14 Å². The van der Waals surface area contributed by atoms with E-state index >= 15 is 0 Å². The van der Waals surface area contributed by atoms with Gasteiger partial charge in [-0.25, -0.2) is 13.6 Å². The van der Waals surface area contributed by atoms with Gasteiger partial charge in [0, 0.05) is 13.1 Å². The van der Waals surface area contributed by atoms with Gasteiger partial charge in [0.1, 0.15) is 0 Å². The lowest BCUT2D eigenvalue weighted by atomic mass is 10.0. The molecule has 5 heteroatoms. The summed E-state index contributed by atoms with van der Waals surface area (Å²) in [5, 5.41) is 8.43. The molecule has 0 radical (unpaired) electrons. The zero-order valence-corrected chi connectivity index (χ0v) is 13.1. The van der Waals surface area contributed by atoms with E-state index in [0.29, 0.717) is 6.54 Å². The molecule has 2 aromatic carbocycles. The molecule has 21 heavy (non-hydrogen) atoms. The minimum atomic E-state index is -3.61. The van der Waals surface area contributed by atoms with Crippen molar-refractivity contribution >= 4 is 10.0 Å². The van der Waals surface area contributed by atoms with Gasteiger partial charge in [0.15, 0.2) is 0 Å². The van der Waals surface area contributed by atoms with Gasteiger partial charge in [0.05, 0.1) is 4.90 Å². The molecule has 0 amide bonds. The van der Waals surface area contributed by atoms with Crippen LogP contribution in [0.4, 0.5) is 0 Å². The quantitative estimate of drug-likeness (QED) is 0.890. The lowest BCUT2D eigenvalue weighted by molar-refractivity contribution is 0.597. The molecule has 0 fully saturated rings. The van der Waals surface area contributed by atoms with Crippen LogP contribution < -0.4 is 10.5 Å². The predicted octanol–water partition coefficient (Wildman–Crippen LogP) is 2.24. The normalized spacial score (nSPS) is 11.6. The van der Waals surface area contributed by atoms with Crippen LogP contribution in [-0.4, -0.2) is 8.42 Å². The molecule has 0 aliphatic heterocycles. The molecule has 0 spiro atoms. The van der Waals surface area contributed by atoms with Gasteiger partial charge in [-0.05, 0) is 48.2 Å². The third-order valence-electron chi connectivity index (χ3n) is 3.61. The average molecular weight is 304 g/mol. The molecule has 0 aliphatic carbocycles. The third kappa shape index (κ3) is 4.14. The Hall–Kier alpha value is -1.69. The largest absolute Gasteiger partial charge is 0.309 e. The first-order valence-corrected chi connectivity index (χ1v) is 8.30. The van der Waals surface area contributed by atoms with Crippen molar-refractivity contribution in [2.24, 2.45) is 5.14 Å². The van der Waals surface area contributed by atoms with E-state index in [1.165, 1.54) is 28.8 Å². The van der Waals surface area contributed by atoms with Crippen molar-refractivity contribution in [2.75, 3.05) is 0 Å². The van der Waals surface area contributed by atoms with Crippen LogP contribution in [0.2, 0.25) is 0 Å². The fraction of sp³-hybridized carbons (Fsp3) is 0.250. The summed E-state index contributed by atoms with van der Waals surface area (Å²) in [6.45, 7) is 5.68. The second-order valence-electron chi connectivity index (χ2n) is 5.15. The molecule has 112 valence electrons. The van der Waals surface area contributed by atoms with E-state index in [1.807, 2.05) is 0 Å². The van der Waals surface area contributed by atoms with Crippen molar-refractivity contribution < 1.29 is 8.42 Å². The van der Waals surface area contributed by atoms with Crippen molar-refractivity contribution in [1.29, 1.82) is 0 Å². The Morgan fingerprint density at radius 1 is 1.00 bits per heavy atom. The number of benzene rings is 2. The minimum Gasteiger partial charge on any atom is -0.309 e. The van der Waals surface area contributed by atoms with Crippen LogP contribution in [0.25, 0.3) is 0 Å². The molecule has 0 saturated heterocycles. The van der Waals surface area contributed by atoms with Crippen molar-refractivity contribution in [2.45, 2.75) is 31.8 Å². The van der Waals surface area contributed by atoms with Crippen molar-refractivity contribution in [3.63, 3.8) is 0 Å². The first-order valence-electron chi connectivity index (χ1n) is 6.75. The van der Waals surface area contributed by atoms with Crippen LogP contribution in [0.1, 0.15) is 22.3 Å². The second kappa shape index (κ2) is 6.39. The molecule has 0 aromatic heterocycles. The highest BCUT2D eigenvalue weighted by Gasteiger charge is 2.06. The fourth-order valence-corrected chi connectivity index (χ4v) is 2.66. The number of nitrogens with two attached hydrogens (primary N) is 1. The molecular weight excluding hydrogens is 284 g/mol. The Morgan fingerprint density at radius 2 is 1.67 bits per heavy atom. The van der Waals surface area contributed by atoms with Crippen LogP contribution in [0.3, 0.4) is 0 Å². The van der Waals surface area contributed by atoms with Gasteiger partial charge in [-0.2, -0.15) is 0 Å². The Kier molecular flexibility index (Phi) is 4.77. The monoisotopic (exact) mass is 304 g/mol. The van der Waals surface area contributed by atoms with Crippen LogP contribution in [0, 0.1) is 13.8 Å². The number of nitrogens with one attached hydrogen (secondary N) is 1. The number of hydrogen-bond acceptors (Lipinski definition) is 3. The van der Waals surface area contributed by atoms with Crippen LogP contribution in [0.5, 0.6) is 0 Å². The molecule has 0 aliphatic rings. The number of aryl methyl sites for hydroxylation is 1. The second-order valence-corrected chi connectivity index (χ2v) is 6.71. The van der Waals surface area contributed by atoms with Gasteiger partial charge < -0.3 is 5.32 Å². The van der Waals surface area contributed by atoms with Crippen LogP contribution in [0.15, 0.2) is 47.4 Å². The molecule has 3 N–H and O–H groups in total. The summed E-state index contributed by atoms with van der Waals surface area (Å²) >= 11 is 0. The highest BCUT2D eigenvalue weighted by atomic mass is 32.2. The van der Waals surface area contributed by atoms with Gasteiger partial charge in [-0.15, -0.1) is 0 Å². The van der Waals surface area contributed by atoms with E-state index in [9.17, 15) is 8.42 Å². The summed E-state index contributed by atoms with van der Waals surface area (Å²) in [5.41, 5.74) is 4.88. The molecule has 4 nitrogen and oxygen atoms in total. The van der Waals surface area contributed by atoms with Gasteiger partial charge in [-0.1, -0.05) is 30.3 Å². The summed E-state index contributed by atoms with van der Waals surface area (Å²) in [4.78, 5) is 0.140. The maximum absolute atomic E-state index is 11.2. The van der Waals surface area contributed by atoms with E-state index in [-0.39, 0.29) is 4.90 Å². The fourth-order valence-electron chi connectivity index (χ4n) is 2.14. The first kappa shape index (κ1) is 15.7. The Labute approximate surface area is 126 Å². The Bertz CT molecular complexity index is 722. The molecular formula is C16H20N2O2S. The Balaban J connectivity index is 1.96. The number of rotatable bonds is 5. The molecule has 0 saturated carbocycles. The molecule has 0 bridgehead atoms. The smallest absolute Gasteiger partial charge is 0.238 e. The van der Waals surface area contributed by atoms with Crippen molar-refractivity contribution in [3.8, 4) is 0 Å². The molecule has 0 unspecified atom stereocenters. The highest BCUT2D eigenvalue weighted by molar-refractivity contribution is 7.89. The third-order valence-corrected chi connectivity index (χ3v) is 4.54. The minimum absolute atomic E-state index is 0.140. The summed E-state index contributed by atoms with van der Waals surface area (Å²) in [6.07, 6.45) is 0. The van der Waals surface area contributed by atoms with Gasteiger partial charge >= 0.3 is 0 Å². The summed E-state index contributed by atoms with van der Waals surface area (Å²) < 4.78 is 22.3. The van der Waals surface area contributed by atoms with Crippen molar-refractivity contribution in [1.82, 2.24) is 5.32 Å². The molecule has 2 aromatic rings.